The first-order chi connectivity index (χ1) is 9.45. The summed E-state index contributed by atoms with van der Waals surface area (Å²) in [5.41, 5.74) is 2.26. The summed E-state index contributed by atoms with van der Waals surface area (Å²) in [6.45, 7) is 5.09. The number of carbonyl (C=O) groups excluding carboxylic acids is 1. The van der Waals surface area contributed by atoms with E-state index >= 15 is 0 Å². The van der Waals surface area contributed by atoms with Crippen LogP contribution in [-0.4, -0.2) is 41.6 Å². The van der Waals surface area contributed by atoms with Crippen molar-refractivity contribution in [3.63, 3.8) is 0 Å². The lowest BCUT2D eigenvalue weighted by Crippen LogP contribution is -2.30. The summed E-state index contributed by atoms with van der Waals surface area (Å²) in [6.07, 6.45) is 0.0961. The molecule has 0 radical (unpaired) electrons. The molecule has 1 saturated heterocycles. The number of hydrogen-bond donors (Lipinski definition) is 1. The first kappa shape index (κ1) is 14.4. The summed E-state index contributed by atoms with van der Waals surface area (Å²) in [4.78, 5) is 24.1. The highest BCUT2D eigenvalue weighted by Crippen LogP contribution is 2.19. The Balaban J connectivity index is 1.84. The number of hydrogen-bond acceptors (Lipinski definition) is 3. The number of carboxylic acids is 1. The van der Waals surface area contributed by atoms with Crippen molar-refractivity contribution >= 4 is 11.9 Å². The number of benzene rings is 1. The van der Waals surface area contributed by atoms with E-state index in [4.69, 9.17) is 9.84 Å². The molecule has 0 aliphatic carbocycles. The molecule has 1 aliphatic heterocycles. The Kier molecular flexibility index (Phi) is 4.27. The SMILES string of the molecule is Cc1cc(C)cc(OCCN2CC(C(=O)O)CC2=O)c1. The number of aliphatic carboxylic acids is 1. The second-order valence-electron chi connectivity index (χ2n) is 5.25. The number of likely N-dealkylation sites (tertiary alicyclic amines) is 1. The van der Waals surface area contributed by atoms with Gasteiger partial charge < -0.3 is 14.7 Å². The fourth-order valence-electron chi connectivity index (χ4n) is 2.44. The van der Waals surface area contributed by atoms with E-state index in [0.29, 0.717) is 13.2 Å². The standard InChI is InChI=1S/C15H19NO4/c1-10-5-11(2)7-13(6-10)20-4-3-16-9-12(15(18)19)8-14(16)17/h5-7,12H,3-4,8-9H2,1-2H3,(H,18,19). The number of amides is 1. The van der Waals surface area contributed by atoms with Crippen molar-refractivity contribution in [2.45, 2.75) is 20.3 Å². The highest BCUT2D eigenvalue weighted by atomic mass is 16.5. The van der Waals surface area contributed by atoms with Crippen LogP contribution in [0.5, 0.6) is 5.75 Å². The molecule has 5 heteroatoms. The minimum absolute atomic E-state index is 0.0961. The van der Waals surface area contributed by atoms with Gasteiger partial charge in [0, 0.05) is 13.0 Å². The Morgan fingerprint density at radius 3 is 2.55 bits per heavy atom. The van der Waals surface area contributed by atoms with Gasteiger partial charge in [-0.3, -0.25) is 9.59 Å². The van der Waals surface area contributed by atoms with Crippen molar-refractivity contribution in [2.75, 3.05) is 19.7 Å². The third-order valence-electron chi connectivity index (χ3n) is 3.39. The number of carbonyl (C=O) groups is 2. The van der Waals surface area contributed by atoms with E-state index < -0.39 is 11.9 Å². The molecule has 1 unspecified atom stereocenters. The third-order valence-corrected chi connectivity index (χ3v) is 3.39. The molecular weight excluding hydrogens is 258 g/mol. The Labute approximate surface area is 118 Å². The van der Waals surface area contributed by atoms with Crippen LogP contribution in [0.25, 0.3) is 0 Å². The van der Waals surface area contributed by atoms with E-state index in [1.165, 1.54) is 0 Å². The molecule has 1 aromatic rings. The van der Waals surface area contributed by atoms with Gasteiger partial charge >= 0.3 is 5.97 Å². The normalized spacial score (nSPS) is 18.4. The van der Waals surface area contributed by atoms with E-state index in [1.54, 1.807) is 4.90 Å². The molecule has 1 aromatic carbocycles. The summed E-state index contributed by atoms with van der Waals surface area (Å²) in [6, 6.07) is 5.95. The van der Waals surface area contributed by atoms with Crippen LogP contribution in [0.1, 0.15) is 17.5 Å². The predicted octanol–water partition coefficient (Wildman–Crippen LogP) is 1.62. The zero-order valence-corrected chi connectivity index (χ0v) is 11.8. The monoisotopic (exact) mass is 277 g/mol. The summed E-state index contributed by atoms with van der Waals surface area (Å²) in [5.74, 6) is -0.815. The molecule has 0 spiro atoms. The van der Waals surface area contributed by atoms with Gasteiger partial charge in [-0.1, -0.05) is 6.07 Å². The first-order valence-corrected chi connectivity index (χ1v) is 6.67. The predicted molar refractivity (Wildman–Crippen MR) is 73.7 cm³/mol. The molecule has 0 saturated carbocycles. The smallest absolute Gasteiger partial charge is 0.308 e. The lowest BCUT2D eigenvalue weighted by Gasteiger charge is -2.16. The topological polar surface area (TPSA) is 66.8 Å². The van der Waals surface area contributed by atoms with E-state index in [-0.39, 0.29) is 18.9 Å². The molecule has 1 heterocycles. The van der Waals surface area contributed by atoms with Crippen molar-refractivity contribution in [2.24, 2.45) is 5.92 Å². The summed E-state index contributed by atoms with van der Waals surface area (Å²) >= 11 is 0. The Bertz CT molecular complexity index is 506. The zero-order chi connectivity index (χ0) is 14.7. The van der Waals surface area contributed by atoms with Gasteiger partial charge in [-0.05, 0) is 37.1 Å². The largest absolute Gasteiger partial charge is 0.492 e. The van der Waals surface area contributed by atoms with E-state index in [0.717, 1.165) is 16.9 Å². The molecule has 1 amide bonds. The Morgan fingerprint density at radius 2 is 2.00 bits per heavy atom. The zero-order valence-electron chi connectivity index (χ0n) is 11.8. The minimum atomic E-state index is -0.906. The van der Waals surface area contributed by atoms with Crippen LogP contribution in [-0.2, 0) is 9.59 Å². The van der Waals surface area contributed by atoms with Gasteiger partial charge in [0.2, 0.25) is 5.91 Å². The van der Waals surface area contributed by atoms with Crippen LogP contribution in [0.15, 0.2) is 18.2 Å². The van der Waals surface area contributed by atoms with Gasteiger partial charge in [-0.25, -0.2) is 0 Å². The van der Waals surface area contributed by atoms with Crippen molar-refractivity contribution in [3.8, 4) is 5.75 Å². The first-order valence-electron chi connectivity index (χ1n) is 6.67. The van der Waals surface area contributed by atoms with Crippen molar-refractivity contribution in [1.29, 1.82) is 0 Å². The quantitative estimate of drug-likeness (QED) is 0.888. The van der Waals surface area contributed by atoms with Crippen LogP contribution in [0.2, 0.25) is 0 Å². The molecular formula is C15H19NO4. The highest BCUT2D eigenvalue weighted by Gasteiger charge is 2.33. The van der Waals surface area contributed by atoms with Crippen LogP contribution in [0.3, 0.4) is 0 Å². The summed E-state index contributed by atoms with van der Waals surface area (Å²) < 4.78 is 5.63. The number of ether oxygens (including phenoxy) is 1. The molecule has 5 nitrogen and oxygen atoms in total. The van der Waals surface area contributed by atoms with Crippen molar-refractivity contribution in [3.05, 3.63) is 29.3 Å². The van der Waals surface area contributed by atoms with E-state index in [2.05, 4.69) is 6.07 Å². The van der Waals surface area contributed by atoms with Gasteiger partial charge in [0.25, 0.3) is 0 Å². The van der Waals surface area contributed by atoms with Crippen LogP contribution in [0.4, 0.5) is 0 Å². The van der Waals surface area contributed by atoms with Gasteiger partial charge in [0.1, 0.15) is 12.4 Å². The van der Waals surface area contributed by atoms with Gasteiger partial charge in [-0.15, -0.1) is 0 Å². The van der Waals surface area contributed by atoms with Crippen LogP contribution < -0.4 is 4.74 Å². The van der Waals surface area contributed by atoms with Crippen molar-refractivity contribution < 1.29 is 19.4 Å². The van der Waals surface area contributed by atoms with Crippen LogP contribution >= 0.6 is 0 Å². The molecule has 1 atom stereocenters. The Hall–Kier alpha value is -2.04. The van der Waals surface area contributed by atoms with Crippen molar-refractivity contribution in [1.82, 2.24) is 4.90 Å². The summed E-state index contributed by atoms with van der Waals surface area (Å²) in [5, 5.41) is 8.90. The number of rotatable bonds is 5. The second-order valence-corrected chi connectivity index (χ2v) is 5.25. The lowest BCUT2D eigenvalue weighted by molar-refractivity contribution is -0.141. The lowest BCUT2D eigenvalue weighted by atomic mass is 10.1. The molecule has 20 heavy (non-hydrogen) atoms. The molecule has 0 bridgehead atoms. The maximum Gasteiger partial charge on any atom is 0.308 e. The second kappa shape index (κ2) is 5.94. The maximum atomic E-state index is 11.6. The average Bonchev–Trinajstić information content (AvgIpc) is 2.70. The average molecular weight is 277 g/mol. The fraction of sp³-hybridized carbons (Fsp3) is 0.467. The molecule has 108 valence electrons. The van der Waals surface area contributed by atoms with E-state index in [1.807, 2.05) is 26.0 Å². The molecule has 1 aliphatic rings. The van der Waals surface area contributed by atoms with Crippen LogP contribution in [0, 0.1) is 19.8 Å². The third kappa shape index (κ3) is 3.50. The van der Waals surface area contributed by atoms with Gasteiger partial charge in [0.05, 0.1) is 12.5 Å². The van der Waals surface area contributed by atoms with Gasteiger partial charge in [0.15, 0.2) is 0 Å². The molecule has 0 aromatic heterocycles. The fourth-order valence-corrected chi connectivity index (χ4v) is 2.44. The molecule has 2 rings (SSSR count). The number of carboxylic acid groups (broad SMARTS) is 1. The highest BCUT2D eigenvalue weighted by molar-refractivity contribution is 5.86. The number of nitrogens with zero attached hydrogens (tertiary/aromatic N) is 1. The minimum Gasteiger partial charge on any atom is -0.492 e. The van der Waals surface area contributed by atoms with E-state index in [9.17, 15) is 9.59 Å². The summed E-state index contributed by atoms with van der Waals surface area (Å²) in [7, 11) is 0. The maximum absolute atomic E-state index is 11.6. The molecule has 1 fully saturated rings. The Morgan fingerprint density at radius 1 is 1.35 bits per heavy atom. The number of aryl methyl sites for hydroxylation is 2. The molecule has 1 N–H and O–H groups in total. The van der Waals surface area contributed by atoms with Gasteiger partial charge in [-0.2, -0.15) is 0 Å².